The SMILES string of the molecule is CCCCC(CC)C(=O)NCCCc1nnc2ccccn12. The van der Waals surface area contributed by atoms with Crippen LogP contribution in [-0.4, -0.2) is 27.0 Å². The number of carbonyl (C=O) groups excluding carboxylic acids is 1. The molecule has 0 bridgehead atoms. The van der Waals surface area contributed by atoms with Gasteiger partial charge in [0.05, 0.1) is 0 Å². The third-order valence-corrected chi connectivity index (χ3v) is 4.03. The zero-order chi connectivity index (χ0) is 15.8. The average molecular weight is 302 g/mol. The topological polar surface area (TPSA) is 59.3 Å². The fourth-order valence-electron chi connectivity index (χ4n) is 2.63. The summed E-state index contributed by atoms with van der Waals surface area (Å²) in [6.07, 6.45) is 7.85. The number of carbonyl (C=O) groups is 1. The van der Waals surface area contributed by atoms with E-state index in [1.807, 2.05) is 28.8 Å². The third-order valence-electron chi connectivity index (χ3n) is 4.03. The highest BCUT2D eigenvalue weighted by Gasteiger charge is 2.15. The van der Waals surface area contributed by atoms with E-state index in [1.54, 1.807) is 0 Å². The summed E-state index contributed by atoms with van der Waals surface area (Å²) in [6, 6.07) is 5.87. The van der Waals surface area contributed by atoms with Crippen LogP contribution in [0.25, 0.3) is 5.65 Å². The third kappa shape index (κ3) is 4.29. The predicted octanol–water partition coefficient (Wildman–Crippen LogP) is 2.99. The molecule has 5 nitrogen and oxygen atoms in total. The number of rotatable bonds is 9. The van der Waals surface area contributed by atoms with Crippen molar-refractivity contribution in [2.45, 2.75) is 52.4 Å². The van der Waals surface area contributed by atoms with Gasteiger partial charge in [0.2, 0.25) is 5.91 Å². The standard InChI is InChI=1S/C17H26N4O/c1-3-5-9-14(4-2)17(22)18-12-8-11-16-20-19-15-10-6-7-13-21(15)16/h6-7,10,13-14H,3-5,8-9,11-12H2,1-2H3,(H,18,22). The Morgan fingerprint density at radius 2 is 2.14 bits per heavy atom. The van der Waals surface area contributed by atoms with E-state index in [9.17, 15) is 4.79 Å². The molecule has 5 heteroatoms. The average Bonchev–Trinajstić information content (AvgIpc) is 2.95. The summed E-state index contributed by atoms with van der Waals surface area (Å²) in [6.45, 7) is 4.94. The lowest BCUT2D eigenvalue weighted by molar-refractivity contribution is -0.125. The molecule has 120 valence electrons. The molecule has 0 radical (unpaired) electrons. The lowest BCUT2D eigenvalue weighted by Gasteiger charge is -2.14. The van der Waals surface area contributed by atoms with Gasteiger partial charge in [-0.1, -0.05) is 32.8 Å². The van der Waals surface area contributed by atoms with Crippen LogP contribution in [0.5, 0.6) is 0 Å². The molecule has 2 aromatic heterocycles. The number of nitrogens with zero attached hydrogens (tertiary/aromatic N) is 3. The molecule has 1 unspecified atom stereocenters. The molecule has 2 heterocycles. The second-order valence-corrected chi connectivity index (χ2v) is 5.69. The first kappa shape index (κ1) is 16.5. The Kier molecular flexibility index (Phi) is 6.37. The van der Waals surface area contributed by atoms with Crippen molar-refractivity contribution in [1.29, 1.82) is 0 Å². The van der Waals surface area contributed by atoms with E-state index in [1.165, 1.54) is 0 Å². The molecule has 0 aliphatic heterocycles. The zero-order valence-electron chi connectivity index (χ0n) is 13.6. The maximum atomic E-state index is 12.1. The molecule has 0 aliphatic carbocycles. The van der Waals surface area contributed by atoms with Crippen molar-refractivity contribution in [3.05, 3.63) is 30.2 Å². The van der Waals surface area contributed by atoms with Crippen LogP contribution in [-0.2, 0) is 11.2 Å². The summed E-state index contributed by atoms with van der Waals surface area (Å²) in [7, 11) is 0. The van der Waals surface area contributed by atoms with Gasteiger partial charge in [-0.2, -0.15) is 0 Å². The number of fused-ring (bicyclic) bond motifs is 1. The number of hydrogen-bond donors (Lipinski definition) is 1. The Balaban J connectivity index is 1.75. The normalized spacial score (nSPS) is 12.5. The fourth-order valence-corrected chi connectivity index (χ4v) is 2.63. The Hall–Kier alpha value is -1.91. The zero-order valence-corrected chi connectivity index (χ0v) is 13.6. The lowest BCUT2D eigenvalue weighted by atomic mass is 9.98. The van der Waals surface area contributed by atoms with Gasteiger partial charge in [0, 0.05) is 25.1 Å². The minimum Gasteiger partial charge on any atom is -0.356 e. The molecule has 0 aromatic carbocycles. The summed E-state index contributed by atoms with van der Waals surface area (Å²) < 4.78 is 2.00. The molecule has 0 saturated carbocycles. The Bertz CT molecular complexity index is 593. The summed E-state index contributed by atoms with van der Waals surface area (Å²) in [5.74, 6) is 1.30. The van der Waals surface area contributed by atoms with Gasteiger partial charge in [0.1, 0.15) is 5.82 Å². The minimum atomic E-state index is 0.161. The van der Waals surface area contributed by atoms with Gasteiger partial charge >= 0.3 is 0 Å². The van der Waals surface area contributed by atoms with Crippen molar-refractivity contribution in [1.82, 2.24) is 19.9 Å². The van der Waals surface area contributed by atoms with E-state index in [0.717, 1.165) is 50.0 Å². The molecule has 1 amide bonds. The summed E-state index contributed by atoms with van der Waals surface area (Å²) in [4.78, 5) is 12.1. The summed E-state index contributed by atoms with van der Waals surface area (Å²) in [5.41, 5.74) is 0.868. The molecule has 0 saturated heterocycles. The largest absolute Gasteiger partial charge is 0.356 e. The molecule has 0 aliphatic rings. The van der Waals surface area contributed by atoms with E-state index in [2.05, 4.69) is 29.4 Å². The van der Waals surface area contributed by atoms with Gasteiger partial charge in [-0.15, -0.1) is 10.2 Å². The predicted molar refractivity (Wildman–Crippen MR) is 87.6 cm³/mol. The van der Waals surface area contributed by atoms with Crippen LogP contribution < -0.4 is 5.32 Å². The van der Waals surface area contributed by atoms with Crippen LogP contribution >= 0.6 is 0 Å². The maximum Gasteiger partial charge on any atom is 0.223 e. The molecule has 2 rings (SSSR count). The summed E-state index contributed by atoms with van der Waals surface area (Å²) in [5, 5.41) is 11.4. The Morgan fingerprint density at radius 1 is 1.27 bits per heavy atom. The van der Waals surface area contributed by atoms with Crippen LogP contribution in [0.1, 0.15) is 51.8 Å². The second-order valence-electron chi connectivity index (χ2n) is 5.69. The van der Waals surface area contributed by atoms with Crippen LogP contribution in [0.2, 0.25) is 0 Å². The molecule has 1 atom stereocenters. The van der Waals surface area contributed by atoms with E-state index in [-0.39, 0.29) is 11.8 Å². The van der Waals surface area contributed by atoms with Gasteiger partial charge in [-0.25, -0.2) is 0 Å². The first-order valence-corrected chi connectivity index (χ1v) is 8.32. The van der Waals surface area contributed by atoms with Crippen LogP contribution in [0.4, 0.5) is 0 Å². The smallest absolute Gasteiger partial charge is 0.223 e. The monoisotopic (exact) mass is 302 g/mol. The van der Waals surface area contributed by atoms with Gasteiger partial charge < -0.3 is 5.32 Å². The van der Waals surface area contributed by atoms with Crippen molar-refractivity contribution in [3.63, 3.8) is 0 Å². The van der Waals surface area contributed by atoms with Crippen molar-refractivity contribution in [3.8, 4) is 0 Å². The quantitative estimate of drug-likeness (QED) is 0.724. The van der Waals surface area contributed by atoms with Crippen molar-refractivity contribution in [2.24, 2.45) is 5.92 Å². The van der Waals surface area contributed by atoms with E-state index < -0.39 is 0 Å². The number of hydrogen-bond acceptors (Lipinski definition) is 3. The first-order valence-electron chi connectivity index (χ1n) is 8.32. The van der Waals surface area contributed by atoms with Gasteiger partial charge in [0.15, 0.2) is 5.65 Å². The number of aromatic nitrogens is 3. The van der Waals surface area contributed by atoms with Crippen molar-refractivity contribution < 1.29 is 4.79 Å². The molecular weight excluding hydrogens is 276 g/mol. The van der Waals surface area contributed by atoms with Crippen molar-refractivity contribution in [2.75, 3.05) is 6.54 Å². The lowest BCUT2D eigenvalue weighted by Crippen LogP contribution is -2.31. The van der Waals surface area contributed by atoms with Crippen LogP contribution in [0.15, 0.2) is 24.4 Å². The highest BCUT2D eigenvalue weighted by Crippen LogP contribution is 2.12. The van der Waals surface area contributed by atoms with Crippen molar-refractivity contribution >= 4 is 11.6 Å². The van der Waals surface area contributed by atoms with Crippen LogP contribution in [0.3, 0.4) is 0 Å². The number of aryl methyl sites for hydroxylation is 1. The highest BCUT2D eigenvalue weighted by atomic mass is 16.1. The molecular formula is C17H26N4O. The number of unbranched alkanes of at least 4 members (excludes halogenated alkanes) is 1. The molecule has 2 aromatic rings. The van der Waals surface area contributed by atoms with Gasteiger partial charge in [-0.3, -0.25) is 9.20 Å². The van der Waals surface area contributed by atoms with Gasteiger partial charge in [-0.05, 0) is 31.4 Å². The first-order chi connectivity index (χ1) is 10.8. The van der Waals surface area contributed by atoms with E-state index in [0.29, 0.717) is 6.54 Å². The van der Waals surface area contributed by atoms with E-state index in [4.69, 9.17) is 0 Å². The van der Waals surface area contributed by atoms with Crippen LogP contribution in [0, 0.1) is 5.92 Å². The molecule has 1 N–H and O–H groups in total. The molecule has 0 spiro atoms. The number of amides is 1. The Labute approximate surface area is 132 Å². The summed E-state index contributed by atoms with van der Waals surface area (Å²) >= 11 is 0. The number of pyridine rings is 1. The fraction of sp³-hybridized carbons (Fsp3) is 0.588. The second kappa shape index (κ2) is 8.51. The molecule has 22 heavy (non-hydrogen) atoms. The maximum absolute atomic E-state index is 12.1. The number of nitrogens with one attached hydrogen (secondary N) is 1. The Morgan fingerprint density at radius 3 is 2.91 bits per heavy atom. The van der Waals surface area contributed by atoms with Gasteiger partial charge in [0.25, 0.3) is 0 Å². The van der Waals surface area contributed by atoms with E-state index >= 15 is 0 Å². The minimum absolute atomic E-state index is 0.161. The highest BCUT2D eigenvalue weighted by molar-refractivity contribution is 5.78. The molecule has 0 fully saturated rings.